The van der Waals surface area contributed by atoms with Gasteiger partial charge in [-0.25, -0.2) is 0 Å². The molecule has 2 heterocycles. The number of aromatic nitrogens is 2. The van der Waals surface area contributed by atoms with Crippen LogP contribution in [0.2, 0.25) is 0 Å². The molecule has 0 saturated carbocycles. The van der Waals surface area contributed by atoms with E-state index in [1.807, 2.05) is 17.9 Å². The summed E-state index contributed by atoms with van der Waals surface area (Å²) in [6, 6.07) is 0. The number of piperidine rings is 1. The van der Waals surface area contributed by atoms with E-state index < -0.39 is 0 Å². The van der Waals surface area contributed by atoms with E-state index in [0.29, 0.717) is 0 Å². The lowest BCUT2D eigenvalue weighted by Gasteiger charge is -2.29. The lowest BCUT2D eigenvalue weighted by atomic mass is 9.97. The lowest BCUT2D eigenvalue weighted by molar-refractivity contribution is 0.207. The zero-order chi connectivity index (χ0) is 12.1. The first-order chi connectivity index (χ1) is 8.28. The highest BCUT2D eigenvalue weighted by Crippen LogP contribution is 2.14. The third-order valence-corrected chi connectivity index (χ3v) is 3.59. The molecule has 1 saturated heterocycles. The fourth-order valence-electron chi connectivity index (χ4n) is 2.55. The van der Waals surface area contributed by atoms with E-state index in [1.165, 1.54) is 38.0 Å². The van der Waals surface area contributed by atoms with Crippen LogP contribution in [0.25, 0.3) is 0 Å². The van der Waals surface area contributed by atoms with Crippen molar-refractivity contribution in [2.45, 2.75) is 26.3 Å². The van der Waals surface area contributed by atoms with Crippen LogP contribution in [0.1, 0.15) is 25.3 Å². The van der Waals surface area contributed by atoms with Gasteiger partial charge in [-0.1, -0.05) is 6.92 Å². The van der Waals surface area contributed by atoms with E-state index >= 15 is 0 Å². The molecule has 0 aromatic carbocycles. The van der Waals surface area contributed by atoms with Crippen LogP contribution in [0.4, 0.5) is 0 Å². The molecule has 1 aromatic rings. The van der Waals surface area contributed by atoms with Crippen molar-refractivity contribution in [2.75, 3.05) is 26.2 Å². The topological polar surface area (TPSA) is 33.1 Å². The molecule has 0 radical (unpaired) electrons. The van der Waals surface area contributed by atoms with Crippen molar-refractivity contribution >= 4 is 0 Å². The molecule has 0 unspecified atom stereocenters. The number of aryl methyl sites for hydroxylation is 1. The number of hydrogen-bond acceptors (Lipinski definition) is 3. The van der Waals surface area contributed by atoms with Gasteiger partial charge in [0.1, 0.15) is 0 Å². The molecule has 0 atom stereocenters. The summed E-state index contributed by atoms with van der Waals surface area (Å²) in [5.41, 5.74) is 1.32. The maximum absolute atomic E-state index is 4.23. The minimum Gasteiger partial charge on any atom is -0.317 e. The summed E-state index contributed by atoms with van der Waals surface area (Å²) in [5, 5.41) is 7.66. The van der Waals surface area contributed by atoms with Crippen LogP contribution in [-0.2, 0) is 13.6 Å². The minimum absolute atomic E-state index is 0.868. The van der Waals surface area contributed by atoms with Gasteiger partial charge in [0.2, 0.25) is 0 Å². The molecule has 4 nitrogen and oxygen atoms in total. The Hall–Kier alpha value is -0.870. The summed E-state index contributed by atoms with van der Waals surface area (Å²) in [4.78, 5) is 2.53. The second-order valence-corrected chi connectivity index (χ2v) is 5.04. The van der Waals surface area contributed by atoms with E-state index in [1.54, 1.807) is 0 Å². The van der Waals surface area contributed by atoms with E-state index in [2.05, 4.69) is 28.4 Å². The van der Waals surface area contributed by atoms with E-state index in [9.17, 15) is 0 Å². The molecule has 0 bridgehead atoms. The second kappa shape index (κ2) is 6.17. The maximum Gasteiger partial charge on any atom is 0.0534 e. The Morgan fingerprint density at radius 3 is 2.82 bits per heavy atom. The first-order valence-electron chi connectivity index (χ1n) is 6.68. The molecule has 1 aliphatic heterocycles. The summed E-state index contributed by atoms with van der Waals surface area (Å²) in [5.74, 6) is 0.868. The van der Waals surface area contributed by atoms with E-state index in [-0.39, 0.29) is 0 Å². The van der Waals surface area contributed by atoms with Gasteiger partial charge in [-0.2, -0.15) is 5.10 Å². The molecule has 1 aromatic heterocycles. The van der Waals surface area contributed by atoms with Gasteiger partial charge in [-0.3, -0.25) is 9.58 Å². The van der Waals surface area contributed by atoms with E-state index in [4.69, 9.17) is 0 Å². The fourth-order valence-corrected chi connectivity index (χ4v) is 2.55. The summed E-state index contributed by atoms with van der Waals surface area (Å²) < 4.78 is 1.88. The van der Waals surface area contributed by atoms with Crippen molar-refractivity contribution in [3.63, 3.8) is 0 Å². The fraction of sp³-hybridized carbons (Fsp3) is 0.769. The average Bonchev–Trinajstić information content (AvgIpc) is 2.75. The van der Waals surface area contributed by atoms with Crippen molar-refractivity contribution < 1.29 is 0 Å². The van der Waals surface area contributed by atoms with Crippen LogP contribution in [0, 0.1) is 5.92 Å². The molecule has 1 N–H and O–H groups in total. The monoisotopic (exact) mass is 236 g/mol. The molecule has 1 fully saturated rings. The Kier molecular flexibility index (Phi) is 4.57. The molecule has 0 spiro atoms. The number of rotatable bonds is 5. The summed E-state index contributed by atoms with van der Waals surface area (Å²) in [7, 11) is 1.98. The second-order valence-electron chi connectivity index (χ2n) is 5.04. The Bertz CT molecular complexity index is 328. The smallest absolute Gasteiger partial charge is 0.0534 e. The van der Waals surface area contributed by atoms with Crippen molar-refractivity contribution in [3.8, 4) is 0 Å². The highest BCUT2D eigenvalue weighted by atomic mass is 15.2. The van der Waals surface area contributed by atoms with Gasteiger partial charge in [0, 0.05) is 31.9 Å². The first-order valence-corrected chi connectivity index (χ1v) is 6.68. The molecule has 0 amide bonds. The molecular weight excluding hydrogens is 212 g/mol. The van der Waals surface area contributed by atoms with Gasteiger partial charge in [-0.05, 0) is 38.4 Å². The van der Waals surface area contributed by atoms with Crippen LogP contribution in [0.5, 0.6) is 0 Å². The predicted octanol–water partition coefficient (Wildman–Crippen LogP) is 1.24. The molecule has 4 heteroatoms. The zero-order valence-corrected chi connectivity index (χ0v) is 11.0. The number of hydrogen-bond donors (Lipinski definition) is 1. The zero-order valence-electron chi connectivity index (χ0n) is 11.0. The number of nitrogens with one attached hydrogen (secondary N) is 1. The predicted molar refractivity (Wildman–Crippen MR) is 69.8 cm³/mol. The van der Waals surface area contributed by atoms with Gasteiger partial charge >= 0.3 is 0 Å². The number of nitrogens with zero attached hydrogens (tertiary/aromatic N) is 3. The highest BCUT2D eigenvalue weighted by Gasteiger charge is 2.16. The standard InChI is InChI=1S/C13H24N4/c1-3-17(10-12-4-6-14-7-5-12)11-13-8-15-16(2)9-13/h8-9,12,14H,3-7,10-11H2,1-2H3. The Morgan fingerprint density at radius 1 is 1.47 bits per heavy atom. The van der Waals surface area contributed by atoms with Gasteiger partial charge in [0.05, 0.1) is 6.20 Å². The SMILES string of the molecule is CCN(Cc1cnn(C)c1)CC1CCNCC1. The highest BCUT2D eigenvalue weighted by molar-refractivity contribution is 5.03. The third kappa shape index (κ3) is 3.82. The molecule has 96 valence electrons. The molecule has 17 heavy (non-hydrogen) atoms. The Labute approximate surface area is 104 Å². The van der Waals surface area contributed by atoms with Gasteiger partial charge in [-0.15, -0.1) is 0 Å². The van der Waals surface area contributed by atoms with Gasteiger partial charge in [0.25, 0.3) is 0 Å². The van der Waals surface area contributed by atoms with Crippen LogP contribution in [0.15, 0.2) is 12.4 Å². The quantitative estimate of drug-likeness (QED) is 0.835. The molecular formula is C13H24N4. The molecule has 0 aliphatic carbocycles. The molecule has 2 rings (SSSR count). The Balaban J connectivity index is 1.83. The Morgan fingerprint density at radius 2 is 2.24 bits per heavy atom. The third-order valence-electron chi connectivity index (χ3n) is 3.59. The van der Waals surface area contributed by atoms with Crippen LogP contribution in [-0.4, -0.2) is 40.9 Å². The molecule has 1 aliphatic rings. The lowest BCUT2D eigenvalue weighted by Crippen LogP contribution is -2.35. The van der Waals surface area contributed by atoms with Crippen molar-refractivity contribution in [2.24, 2.45) is 13.0 Å². The summed E-state index contributed by atoms with van der Waals surface area (Å²) >= 11 is 0. The van der Waals surface area contributed by atoms with Gasteiger partial charge in [0.15, 0.2) is 0 Å². The van der Waals surface area contributed by atoms with Crippen LogP contribution < -0.4 is 5.32 Å². The van der Waals surface area contributed by atoms with Crippen molar-refractivity contribution in [3.05, 3.63) is 18.0 Å². The van der Waals surface area contributed by atoms with Crippen LogP contribution >= 0.6 is 0 Å². The summed E-state index contributed by atoms with van der Waals surface area (Å²) in [6.45, 7) is 8.02. The van der Waals surface area contributed by atoms with Crippen molar-refractivity contribution in [1.82, 2.24) is 20.0 Å². The average molecular weight is 236 g/mol. The maximum atomic E-state index is 4.23. The normalized spacial score (nSPS) is 17.8. The van der Waals surface area contributed by atoms with Gasteiger partial charge < -0.3 is 5.32 Å². The minimum atomic E-state index is 0.868. The largest absolute Gasteiger partial charge is 0.317 e. The van der Waals surface area contributed by atoms with Crippen molar-refractivity contribution in [1.29, 1.82) is 0 Å². The van der Waals surface area contributed by atoms with Crippen LogP contribution in [0.3, 0.4) is 0 Å². The first kappa shape index (κ1) is 12.6. The summed E-state index contributed by atoms with van der Waals surface area (Å²) in [6.07, 6.45) is 6.74. The van der Waals surface area contributed by atoms with E-state index in [0.717, 1.165) is 19.0 Å².